The number of rotatable bonds is 3. The average molecular weight is 243 g/mol. The summed E-state index contributed by atoms with van der Waals surface area (Å²) in [5.41, 5.74) is 6.32. The van der Waals surface area contributed by atoms with Gasteiger partial charge in [0.25, 0.3) is 11.0 Å². The minimum atomic E-state index is -0.493. The van der Waals surface area contributed by atoms with Crippen molar-refractivity contribution in [2.24, 2.45) is 0 Å². The van der Waals surface area contributed by atoms with E-state index in [4.69, 9.17) is 0 Å². The molecule has 1 heterocycles. The lowest BCUT2D eigenvalue weighted by molar-refractivity contribution is -0.742. The first-order valence-corrected chi connectivity index (χ1v) is 6.83. The molecule has 1 saturated carbocycles. The van der Waals surface area contributed by atoms with E-state index in [1.807, 2.05) is 6.26 Å². The van der Waals surface area contributed by atoms with Crippen LogP contribution < -0.4 is 21.5 Å². The quantitative estimate of drug-likeness (QED) is 0.387. The average Bonchev–Trinajstić information content (AvgIpc) is 2.76. The molecule has 1 aliphatic carbocycles. The van der Waals surface area contributed by atoms with Gasteiger partial charge in [-0.1, -0.05) is 18.3 Å². The Labute approximate surface area is 99.8 Å². The first-order chi connectivity index (χ1) is 7.65. The molecule has 1 saturated heterocycles. The molecular formula is C10H19N4OS+. The molecule has 0 bridgehead atoms. The molecule has 5 N–H and O–H groups in total. The second-order valence-corrected chi connectivity index (χ2v) is 5.39. The molecule has 1 atom stereocenters. The van der Waals surface area contributed by atoms with Gasteiger partial charge in [0.1, 0.15) is 5.70 Å². The van der Waals surface area contributed by atoms with Crippen LogP contribution in [0.25, 0.3) is 0 Å². The molecule has 5 nitrogen and oxygen atoms in total. The number of quaternary nitrogens is 1. The third kappa shape index (κ3) is 2.34. The summed E-state index contributed by atoms with van der Waals surface area (Å²) in [5, 5.41) is 4.67. The van der Waals surface area contributed by atoms with Crippen LogP contribution in [0.2, 0.25) is 0 Å². The Morgan fingerprint density at radius 1 is 1.50 bits per heavy atom. The van der Waals surface area contributed by atoms with Gasteiger partial charge in [-0.15, -0.1) is 0 Å². The van der Waals surface area contributed by atoms with Crippen molar-refractivity contribution in [2.75, 3.05) is 6.26 Å². The lowest BCUT2D eigenvalue weighted by Crippen LogP contribution is -3.08. The Morgan fingerprint density at radius 2 is 2.19 bits per heavy atom. The molecule has 1 aliphatic heterocycles. The summed E-state index contributed by atoms with van der Waals surface area (Å²) in [4.78, 5) is 11.6. The third-order valence-electron chi connectivity index (χ3n) is 3.16. The first-order valence-electron chi connectivity index (χ1n) is 5.61. The Morgan fingerprint density at radius 3 is 2.75 bits per heavy atom. The molecule has 2 rings (SSSR count). The van der Waals surface area contributed by atoms with Crippen LogP contribution in [-0.2, 0) is 4.79 Å². The third-order valence-corrected chi connectivity index (χ3v) is 4.15. The number of nitrogens with one attached hydrogen (secondary N) is 3. The molecule has 16 heavy (non-hydrogen) atoms. The van der Waals surface area contributed by atoms with Crippen molar-refractivity contribution in [2.45, 2.75) is 36.8 Å². The Balaban J connectivity index is 2.01. The van der Waals surface area contributed by atoms with E-state index in [0.29, 0.717) is 11.7 Å². The van der Waals surface area contributed by atoms with Crippen LogP contribution in [0.5, 0.6) is 0 Å². The van der Waals surface area contributed by atoms with Gasteiger partial charge in [-0.25, -0.2) is 0 Å². The number of amides is 1. The summed E-state index contributed by atoms with van der Waals surface area (Å²) in [6.07, 6.45) is 7.01. The summed E-state index contributed by atoms with van der Waals surface area (Å²) in [7, 11) is 0. The summed E-state index contributed by atoms with van der Waals surface area (Å²) >= 11 is 1.58. The van der Waals surface area contributed by atoms with Crippen molar-refractivity contribution in [3.05, 3.63) is 12.3 Å². The van der Waals surface area contributed by atoms with Crippen LogP contribution in [0.3, 0.4) is 0 Å². The zero-order chi connectivity index (χ0) is 11.6. The molecule has 0 aromatic carbocycles. The normalized spacial score (nSPS) is 31.3. The summed E-state index contributed by atoms with van der Waals surface area (Å²) in [6.45, 7) is 3.62. The maximum absolute atomic E-state index is 11.6. The molecule has 0 unspecified atom stereocenters. The molecule has 6 heteroatoms. The second-order valence-electron chi connectivity index (χ2n) is 4.33. The fourth-order valence-corrected chi connectivity index (χ4v) is 2.89. The van der Waals surface area contributed by atoms with E-state index in [0.717, 1.165) is 0 Å². The van der Waals surface area contributed by atoms with Gasteiger partial charge in [-0.3, -0.25) is 15.4 Å². The van der Waals surface area contributed by atoms with Crippen LogP contribution in [0.1, 0.15) is 25.7 Å². The van der Waals surface area contributed by atoms with E-state index in [1.54, 1.807) is 11.8 Å². The Bertz CT molecular complexity index is 303. The van der Waals surface area contributed by atoms with E-state index < -0.39 is 5.12 Å². The highest BCUT2D eigenvalue weighted by molar-refractivity contribution is 7.99. The van der Waals surface area contributed by atoms with Crippen molar-refractivity contribution < 1.29 is 10.1 Å². The zero-order valence-corrected chi connectivity index (χ0v) is 10.3. The zero-order valence-electron chi connectivity index (χ0n) is 9.51. The molecular weight excluding hydrogens is 224 g/mol. The summed E-state index contributed by atoms with van der Waals surface area (Å²) in [6, 6.07) is 0.591. The second kappa shape index (κ2) is 4.65. The molecule has 2 fully saturated rings. The number of hydrogen-bond donors (Lipinski definition) is 4. The monoisotopic (exact) mass is 243 g/mol. The first kappa shape index (κ1) is 11.8. The van der Waals surface area contributed by atoms with E-state index >= 15 is 0 Å². The lowest BCUT2D eigenvalue weighted by atomic mass is 10.2. The van der Waals surface area contributed by atoms with Crippen LogP contribution in [0, 0.1) is 0 Å². The highest BCUT2D eigenvalue weighted by atomic mass is 32.2. The lowest BCUT2D eigenvalue weighted by Gasteiger charge is -2.37. The van der Waals surface area contributed by atoms with Crippen molar-refractivity contribution in [1.29, 1.82) is 0 Å². The number of carbonyl (C=O) groups is 1. The van der Waals surface area contributed by atoms with E-state index in [2.05, 4.69) is 28.1 Å². The maximum Gasteiger partial charge on any atom is 0.297 e. The predicted octanol–water partition coefficient (Wildman–Crippen LogP) is -0.796. The minimum Gasteiger partial charge on any atom is -0.310 e. The summed E-state index contributed by atoms with van der Waals surface area (Å²) in [5.74, 6) is -0.137. The van der Waals surface area contributed by atoms with Gasteiger partial charge in [0.05, 0.1) is 6.04 Å². The predicted molar refractivity (Wildman–Crippen MR) is 64.0 cm³/mol. The summed E-state index contributed by atoms with van der Waals surface area (Å²) < 4.78 is 0. The van der Waals surface area contributed by atoms with Crippen molar-refractivity contribution in [1.82, 2.24) is 16.2 Å². The van der Waals surface area contributed by atoms with E-state index in [1.165, 1.54) is 25.7 Å². The van der Waals surface area contributed by atoms with Gasteiger partial charge in [-0.2, -0.15) is 5.43 Å². The fraction of sp³-hybridized carbons (Fsp3) is 0.700. The SMILES string of the molecule is C=C1NN[C@]([NH2+]C2CCCC2)(SC)NC1=O. The van der Waals surface area contributed by atoms with Gasteiger partial charge in [0, 0.05) is 0 Å². The largest absolute Gasteiger partial charge is 0.310 e. The van der Waals surface area contributed by atoms with Gasteiger partial charge in [0.15, 0.2) is 0 Å². The Hall–Kier alpha value is -0.720. The highest BCUT2D eigenvalue weighted by Gasteiger charge is 2.42. The van der Waals surface area contributed by atoms with Crippen LogP contribution in [0.15, 0.2) is 12.3 Å². The molecule has 0 spiro atoms. The standard InChI is InChI=1S/C10H18N4OS/c1-7-9(15)12-10(16-2,14-13-7)11-8-5-3-4-6-8/h8,11,13-14H,1,3-6H2,2H3,(H,12,15)/p+1/t10-/m1/s1. The van der Waals surface area contributed by atoms with Crippen molar-refractivity contribution in [3.63, 3.8) is 0 Å². The van der Waals surface area contributed by atoms with Crippen LogP contribution in [-0.4, -0.2) is 23.3 Å². The molecule has 2 aliphatic rings. The highest BCUT2D eigenvalue weighted by Crippen LogP contribution is 2.17. The number of hydrogen-bond acceptors (Lipinski definition) is 4. The number of thioether (sulfide) groups is 1. The minimum absolute atomic E-state index is 0.137. The Kier molecular flexibility index (Phi) is 3.41. The molecule has 0 radical (unpaired) electrons. The number of hydrazine groups is 1. The molecule has 0 aromatic rings. The number of nitrogens with two attached hydrogens (primary N) is 1. The van der Waals surface area contributed by atoms with Gasteiger partial charge in [-0.05, 0) is 31.9 Å². The van der Waals surface area contributed by atoms with Gasteiger partial charge < -0.3 is 5.43 Å². The molecule has 0 aromatic heterocycles. The van der Waals surface area contributed by atoms with Crippen LogP contribution in [0.4, 0.5) is 0 Å². The maximum atomic E-state index is 11.6. The molecule has 1 amide bonds. The fourth-order valence-electron chi connectivity index (χ4n) is 2.21. The van der Waals surface area contributed by atoms with E-state index in [9.17, 15) is 4.79 Å². The van der Waals surface area contributed by atoms with Gasteiger partial charge in [0.2, 0.25) is 0 Å². The topological polar surface area (TPSA) is 69.8 Å². The van der Waals surface area contributed by atoms with E-state index in [-0.39, 0.29) is 5.91 Å². The smallest absolute Gasteiger partial charge is 0.297 e. The van der Waals surface area contributed by atoms with Gasteiger partial charge >= 0.3 is 0 Å². The van der Waals surface area contributed by atoms with Crippen LogP contribution >= 0.6 is 11.8 Å². The van der Waals surface area contributed by atoms with Crippen molar-refractivity contribution >= 4 is 17.7 Å². The van der Waals surface area contributed by atoms with Crippen molar-refractivity contribution in [3.8, 4) is 0 Å². The number of carbonyl (C=O) groups excluding carboxylic acids is 1. The molecule has 90 valence electrons.